The largest absolute Gasteiger partial charge is 0.496 e. The molecule has 2 aromatic carbocycles. The Morgan fingerprint density at radius 3 is 2.24 bits per heavy atom. The molecule has 156 valence electrons. The van der Waals surface area contributed by atoms with E-state index in [-0.39, 0.29) is 22.7 Å². The molecule has 1 fully saturated rings. The van der Waals surface area contributed by atoms with Crippen molar-refractivity contribution in [1.82, 2.24) is 0 Å². The van der Waals surface area contributed by atoms with Gasteiger partial charge >= 0.3 is 6.18 Å². The van der Waals surface area contributed by atoms with E-state index in [1.54, 1.807) is 18.2 Å². The van der Waals surface area contributed by atoms with Gasteiger partial charge in [0.15, 0.2) is 0 Å². The summed E-state index contributed by atoms with van der Waals surface area (Å²) >= 11 is 0. The summed E-state index contributed by atoms with van der Waals surface area (Å²) in [5, 5.41) is 2.60. The maximum Gasteiger partial charge on any atom is 0.416 e. The van der Waals surface area contributed by atoms with Crippen molar-refractivity contribution in [2.24, 2.45) is 0 Å². The molecular weight excluding hydrogens is 389 g/mol. The third kappa shape index (κ3) is 4.56. The van der Waals surface area contributed by atoms with Crippen molar-refractivity contribution < 1.29 is 32.2 Å². The summed E-state index contributed by atoms with van der Waals surface area (Å²) in [6, 6.07) is 8.11. The Morgan fingerprint density at radius 1 is 1.07 bits per heavy atom. The molecule has 3 rings (SSSR count). The van der Waals surface area contributed by atoms with E-state index < -0.39 is 17.6 Å². The molecule has 0 bridgehead atoms. The third-order valence-electron chi connectivity index (χ3n) is 4.58. The minimum atomic E-state index is -4.54. The summed E-state index contributed by atoms with van der Waals surface area (Å²) in [5.41, 5.74) is -0.206. The van der Waals surface area contributed by atoms with E-state index in [0.717, 1.165) is 12.1 Å². The summed E-state index contributed by atoms with van der Waals surface area (Å²) < 4.78 is 55.5. The molecule has 0 saturated carbocycles. The number of nitrogens with one attached hydrogen (secondary N) is 1. The number of hydrogen-bond donors (Lipinski definition) is 1. The number of methoxy groups -OCH3 is 2. The van der Waals surface area contributed by atoms with Crippen molar-refractivity contribution in [2.45, 2.75) is 6.18 Å². The van der Waals surface area contributed by atoms with Gasteiger partial charge in [0, 0.05) is 13.1 Å². The minimum absolute atomic E-state index is 0.0553. The zero-order valence-electron chi connectivity index (χ0n) is 16.0. The molecule has 6 nitrogen and oxygen atoms in total. The van der Waals surface area contributed by atoms with Gasteiger partial charge in [-0.3, -0.25) is 4.79 Å². The highest BCUT2D eigenvalue weighted by atomic mass is 19.4. The Hall–Kier alpha value is -2.94. The Kier molecular flexibility index (Phi) is 6.17. The minimum Gasteiger partial charge on any atom is -0.496 e. The van der Waals surface area contributed by atoms with Crippen LogP contribution in [0.25, 0.3) is 0 Å². The lowest BCUT2D eigenvalue weighted by Gasteiger charge is -2.31. The van der Waals surface area contributed by atoms with Crippen LogP contribution in [0.15, 0.2) is 36.4 Å². The van der Waals surface area contributed by atoms with Crippen LogP contribution in [0.1, 0.15) is 15.9 Å². The van der Waals surface area contributed by atoms with Crippen molar-refractivity contribution in [3.05, 3.63) is 47.5 Å². The molecule has 0 radical (unpaired) electrons. The lowest BCUT2D eigenvalue weighted by atomic mass is 10.1. The molecule has 1 heterocycles. The highest BCUT2D eigenvalue weighted by Gasteiger charge is 2.32. The van der Waals surface area contributed by atoms with Gasteiger partial charge in [-0.2, -0.15) is 13.2 Å². The fourth-order valence-corrected chi connectivity index (χ4v) is 3.15. The summed E-state index contributed by atoms with van der Waals surface area (Å²) in [5.74, 6) is -0.128. The average Bonchev–Trinajstić information content (AvgIpc) is 2.72. The first-order chi connectivity index (χ1) is 13.8. The van der Waals surface area contributed by atoms with Crippen molar-refractivity contribution in [3.63, 3.8) is 0 Å². The number of carbonyl (C=O) groups excluding carboxylic acids is 1. The van der Waals surface area contributed by atoms with Crippen LogP contribution in [0.2, 0.25) is 0 Å². The van der Waals surface area contributed by atoms with E-state index in [1.165, 1.54) is 20.3 Å². The van der Waals surface area contributed by atoms with Gasteiger partial charge < -0.3 is 24.4 Å². The van der Waals surface area contributed by atoms with Crippen molar-refractivity contribution >= 4 is 17.3 Å². The van der Waals surface area contributed by atoms with E-state index in [2.05, 4.69) is 5.32 Å². The number of alkyl halides is 3. The van der Waals surface area contributed by atoms with Crippen molar-refractivity contribution in [1.29, 1.82) is 0 Å². The van der Waals surface area contributed by atoms with Gasteiger partial charge in [-0.1, -0.05) is 6.07 Å². The van der Waals surface area contributed by atoms with E-state index in [4.69, 9.17) is 14.2 Å². The second-order valence-electron chi connectivity index (χ2n) is 6.32. The van der Waals surface area contributed by atoms with E-state index in [0.29, 0.717) is 32.0 Å². The van der Waals surface area contributed by atoms with Gasteiger partial charge in [0.05, 0.1) is 44.4 Å². The number of nitrogens with zero attached hydrogens (tertiary/aromatic N) is 1. The molecule has 1 aliphatic rings. The van der Waals surface area contributed by atoms with Gasteiger partial charge in [-0.05, 0) is 30.3 Å². The second-order valence-corrected chi connectivity index (χ2v) is 6.32. The maximum absolute atomic E-state index is 13.3. The molecule has 0 aliphatic carbocycles. The number of amides is 1. The summed E-state index contributed by atoms with van der Waals surface area (Å²) in [6.45, 7) is 1.92. The monoisotopic (exact) mass is 410 g/mol. The molecule has 0 atom stereocenters. The summed E-state index contributed by atoms with van der Waals surface area (Å²) in [7, 11) is 2.80. The zero-order chi connectivity index (χ0) is 21.0. The van der Waals surface area contributed by atoms with Crippen LogP contribution in [-0.2, 0) is 10.9 Å². The van der Waals surface area contributed by atoms with Crippen LogP contribution >= 0.6 is 0 Å². The van der Waals surface area contributed by atoms with Gasteiger partial charge in [0.2, 0.25) is 0 Å². The number of ether oxygens (including phenoxy) is 3. The van der Waals surface area contributed by atoms with Crippen LogP contribution in [0, 0.1) is 0 Å². The standard InChI is InChI=1S/C20H21F3N2O4/c1-27-16-4-3-5-17(28-2)18(16)19(26)24-14-12-13(20(21,22)23)6-7-15(14)25-8-10-29-11-9-25/h3-7,12H,8-11H2,1-2H3,(H,24,26). The zero-order valence-corrected chi connectivity index (χ0v) is 16.0. The highest BCUT2D eigenvalue weighted by molar-refractivity contribution is 6.09. The highest BCUT2D eigenvalue weighted by Crippen LogP contribution is 2.37. The normalized spacial score (nSPS) is 14.4. The number of anilines is 2. The lowest BCUT2D eigenvalue weighted by Crippen LogP contribution is -2.37. The number of rotatable bonds is 5. The van der Waals surface area contributed by atoms with Gasteiger partial charge in [-0.25, -0.2) is 0 Å². The smallest absolute Gasteiger partial charge is 0.416 e. The second kappa shape index (κ2) is 8.60. The Bertz CT molecular complexity index is 858. The molecule has 9 heteroatoms. The molecule has 0 unspecified atom stereocenters. The number of morpholine rings is 1. The molecule has 1 saturated heterocycles. The first-order valence-corrected chi connectivity index (χ1v) is 8.91. The van der Waals surface area contributed by atoms with Crippen LogP contribution in [0.4, 0.5) is 24.5 Å². The number of hydrogen-bond acceptors (Lipinski definition) is 5. The topological polar surface area (TPSA) is 60.0 Å². The predicted molar refractivity (Wildman–Crippen MR) is 102 cm³/mol. The van der Waals surface area contributed by atoms with Gasteiger partial charge in [0.25, 0.3) is 5.91 Å². The van der Waals surface area contributed by atoms with E-state index in [1.807, 2.05) is 4.90 Å². The predicted octanol–water partition coefficient (Wildman–Crippen LogP) is 3.81. The van der Waals surface area contributed by atoms with Crippen LogP contribution in [0.5, 0.6) is 11.5 Å². The fraction of sp³-hybridized carbons (Fsp3) is 0.350. The molecule has 1 N–H and O–H groups in total. The number of halogens is 3. The molecule has 0 spiro atoms. The quantitative estimate of drug-likeness (QED) is 0.812. The Labute approximate surface area is 166 Å². The van der Waals surface area contributed by atoms with E-state index in [9.17, 15) is 18.0 Å². The van der Waals surface area contributed by atoms with Crippen molar-refractivity contribution in [3.8, 4) is 11.5 Å². The third-order valence-corrected chi connectivity index (χ3v) is 4.58. The molecule has 0 aromatic heterocycles. The number of carbonyl (C=O) groups is 1. The SMILES string of the molecule is COc1cccc(OC)c1C(=O)Nc1cc(C(F)(F)F)ccc1N1CCOCC1. The summed E-state index contributed by atoms with van der Waals surface area (Å²) in [6.07, 6.45) is -4.54. The van der Waals surface area contributed by atoms with E-state index >= 15 is 0 Å². The molecular formula is C20H21F3N2O4. The first-order valence-electron chi connectivity index (χ1n) is 8.91. The van der Waals surface area contributed by atoms with Crippen LogP contribution in [-0.4, -0.2) is 46.4 Å². The lowest BCUT2D eigenvalue weighted by molar-refractivity contribution is -0.137. The average molecular weight is 410 g/mol. The Morgan fingerprint density at radius 2 is 1.69 bits per heavy atom. The van der Waals surface area contributed by atoms with Crippen LogP contribution < -0.4 is 19.7 Å². The Balaban J connectivity index is 2.01. The summed E-state index contributed by atoms with van der Waals surface area (Å²) in [4.78, 5) is 14.8. The van der Waals surface area contributed by atoms with Gasteiger partial charge in [-0.15, -0.1) is 0 Å². The van der Waals surface area contributed by atoms with Crippen LogP contribution in [0.3, 0.4) is 0 Å². The number of benzene rings is 2. The van der Waals surface area contributed by atoms with Crippen molar-refractivity contribution in [2.75, 3.05) is 50.7 Å². The molecule has 1 aliphatic heterocycles. The van der Waals surface area contributed by atoms with Gasteiger partial charge in [0.1, 0.15) is 17.1 Å². The fourth-order valence-electron chi connectivity index (χ4n) is 3.15. The molecule has 1 amide bonds. The molecule has 2 aromatic rings. The molecule has 29 heavy (non-hydrogen) atoms. The first kappa shape index (κ1) is 20.8. The maximum atomic E-state index is 13.3.